The number of hydrogen-bond donors (Lipinski definition) is 1. The number of carbonyl (C=O) groups is 2. The number of allylic oxidation sites excluding steroid dienone is 1. The number of anilines is 1. The van der Waals surface area contributed by atoms with E-state index in [1.54, 1.807) is 7.11 Å². The van der Waals surface area contributed by atoms with Crippen molar-refractivity contribution in [2.45, 2.75) is 73.1 Å². The zero-order chi connectivity index (χ0) is 27.8. The molecule has 0 atom stereocenters. The van der Waals surface area contributed by atoms with Gasteiger partial charge in [0, 0.05) is 12.7 Å². The molecular formula is C30H46N2O3. The third kappa shape index (κ3) is 13.8. The van der Waals surface area contributed by atoms with Crippen LogP contribution in [0.1, 0.15) is 88.5 Å². The third-order valence-electron chi connectivity index (χ3n) is 5.09. The second-order valence-corrected chi connectivity index (χ2v) is 7.41. The molecule has 0 aliphatic rings. The number of methoxy groups -OCH3 is 1. The monoisotopic (exact) mass is 482 g/mol. The highest BCUT2D eigenvalue weighted by Gasteiger charge is 2.12. The van der Waals surface area contributed by atoms with Crippen molar-refractivity contribution < 1.29 is 14.3 Å². The molecule has 0 unspecified atom stereocenters. The maximum atomic E-state index is 8.96. The summed E-state index contributed by atoms with van der Waals surface area (Å²) in [4.78, 5) is 16.0. The molecule has 2 rings (SSSR count). The zero-order valence-corrected chi connectivity index (χ0v) is 23.2. The van der Waals surface area contributed by atoms with Gasteiger partial charge in [-0.1, -0.05) is 70.9 Å². The molecule has 5 heteroatoms. The van der Waals surface area contributed by atoms with Gasteiger partial charge in [-0.3, -0.25) is 0 Å². The van der Waals surface area contributed by atoms with Gasteiger partial charge in [0.05, 0.1) is 12.7 Å². The molecule has 5 nitrogen and oxygen atoms in total. The Bertz CT molecular complexity index is 864. The van der Waals surface area contributed by atoms with Crippen molar-refractivity contribution in [3.8, 4) is 11.8 Å². The average Bonchev–Trinajstić information content (AvgIpc) is 2.92. The Kier molecular flexibility index (Phi) is 24.6. The van der Waals surface area contributed by atoms with Gasteiger partial charge >= 0.3 is 0 Å². The maximum Gasteiger partial charge on any atom is 0.136 e. The molecule has 0 amide bonds. The van der Waals surface area contributed by atoms with Crippen LogP contribution in [-0.4, -0.2) is 27.7 Å². The summed E-state index contributed by atoms with van der Waals surface area (Å²) in [6, 6.07) is 14.4. The predicted molar refractivity (Wildman–Crippen MR) is 151 cm³/mol. The summed E-state index contributed by atoms with van der Waals surface area (Å²) < 4.78 is 5.26. The SMILES string of the molecule is C=C(C)c1ccc(C)c(NC)c1.C=O.C=O.CC.CCCC(CCC)c1ccc(C#N)c(OC)c1. The smallest absolute Gasteiger partial charge is 0.136 e. The van der Waals surface area contributed by atoms with E-state index in [9.17, 15) is 0 Å². The van der Waals surface area contributed by atoms with E-state index in [-0.39, 0.29) is 0 Å². The number of carbonyl (C=O) groups excluding carboxylic acids is 2. The lowest BCUT2D eigenvalue weighted by Crippen LogP contribution is -2.00. The highest BCUT2D eigenvalue weighted by Crippen LogP contribution is 2.30. The van der Waals surface area contributed by atoms with E-state index >= 15 is 0 Å². The first kappa shape index (κ1) is 36.2. The minimum Gasteiger partial charge on any atom is -0.495 e. The maximum absolute atomic E-state index is 8.96. The van der Waals surface area contributed by atoms with Crippen LogP contribution in [0.3, 0.4) is 0 Å². The van der Waals surface area contributed by atoms with E-state index in [1.807, 2.05) is 53.5 Å². The number of nitrogens with zero attached hydrogens (tertiary/aromatic N) is 1. The Balaban J connectivity index is -0.000000498. The van der Waals surface area contributed by atoms with Gasteiger partial charge in [-0.25, -0.2) is 0 Å². The number of benzene rings is 2. The Morgan fingerprint density at radius 1 is 1.03 bits per heavy atom. The summed E-state index contributed by atoms with van der Waals surface area (Å²) in [6.45, 7) is 20.4. The largest absolute Gasteiger partial charge is 0.495 e. The minimum absolute atomic E-state index is 0.589. The topological polar surface area (TPSA) is 79.2 Å². The van der Waals surface area contributed by atoms with E-state index in [0.717, 1.165) is 5.57 Å². The zero-order valence-electron chi connectivity index (χ0n) is 23.2. The molecule has 2 aromatic rings. The van der Waals surface area contributed by atoms with Crippen LogP contribution in [0.2, 0.25) is 0 Å². The lowest BCUT2D eigenvalue weighted by molar-refractivity contribution is -0.0987. The highest BCUT2D eigenvalue weighted by atomic mass is 16.5. The molecule has 0 spiro atoms. The average molecular weight is 483 g/mol. The molecular weight excluding hydrogens is 436 g/mol. The van der Waals surface area contributed by atoms with Crippen molar-refractivity contribution in [1.82, 2.24) is 0 Å². The molecule has 0 heterocycles. The van der Waals surface area contributed by atoms with Crippen LogP contribution in [-0.2, 0) is 9.59 Å². The fraction of sp³-hybridized carbons (Fsp3) is 0.433. The van der Waals surface area contributed by atoms with Gasteiger partial charge in [0.15, 0.2) is 0 Å². The van der Waals surface area contributed by atoms with Crippen molar-refractivity contribution in [3.63, 3.8) is 0 Å². The van der Waals surface area contributed by atoms with Gasteiger partial charge in [-0.2, -0.15) is 5.26 Å². The summed E-state index contributed by atoms with van der Waals surface area (Å²) in [5.41, 5.74) is 6.65. The second-order valence-electron chi connectivity index (χ2n) is 7.41. The van der Waals surface area contributed by atoms with E-state index in [0.29, 0.717) is 17.2 Å². The summed E-state index contributed by atoms with van der Waals surface area (Å²) in [7, 11) is 3.55. The number of rotatable bonds is 8. The molecule has 0 saturated carbocycles. The van der Waals surface area contributed by atoms with E-state index in [4.69, 9.17) is 19.6 Å². The van der Waals surface area contributed by atoms with Gasteiger partial charge in [0.2, 0.25) is 0 Å². The van der Waals surface area contributed by atoms with Gasteiger partial charge in [0.25, 0.3) is 0 Å². The molecule has 194 valence electrons. The first-order valence-corrected chi connectivity index (χ1v) is 12.0. The standard InChI is InChI=1S/C15H21NO.C11H15N.C2H6.2CH2O/c1-4-6-12(7-5-2)13-8-9-14(11-16)15(10-13)17-3;1-8(2)10-6-5-9(3)11(7-10)12-4;3*1-2/h8-10,12H,4-7H2,1-3H3;5-7,12H,1H2,2-4H3;1-2H3;2*1H2. The Morgan fingerprint density at radius 3 is 1.97 bits per heavy atom. The van der Waals surface area contributed by atoms with E-state index in [1.165, 1.54) is 48.1 Å². The van der Waals surface area contributed by atoms with Crippen LogP contribution in [0.5, 0.6) is 5.75 Å². The molecule has 35 heavy (non-hydrogen) atoms. The normalized spacial score (nSPS) is 8.69. The van der Waals surface area contributed by atoms with Crippen LogP contribution < -0.4 is 10.1 Å². The van der Waals surface area contributed by atoms with Crippen molar-refractivity contribution >= 4 is 24.8 Å². The molecule has 1 N–H and O–H groups in total. The summed E-state index contributed by atoms with van der Waals surface area (Å²) in [6.07, 6.45) is 4.77. The highest BCUT2D eigenvalue weighted by molar-refractivity contribution is 5.67. The molecule has 0 fully saturated rings. The summed E-state index contributed by atoms with van der Waals surface area (Å²) in [5, 5.41) is 12.1. The third-order valence-corrected chi connectivity index (χ3v) is 5.09. The lowest BCUT2D eigenvalue weighted by atomic mass is 9.90. The number of ether oxygens (including phenoxy) is 1. The van der Waals surface area contributed by atoms with Gasteiger partial charge < -0.3 is 19.6 Å². The summed E-state index contributed by atoms with van der Waals surface area (Å²) in [5.74, 6) is 1.29. The quantitative estimate of drug-likeness (QED) is 0.412. The predicted octanol–water partition coefficient (Wildman–Crippen LogP) is 7.98. The van der Waals surface area contributed by atoms with Crippen LogP contribution >= 0.6 is 0 Å². The van der Waals surface area contributed by atoms with Gasteiger partial charge in [-0.05, 0) is 67.5 Å². The van der Waals surface area contributed by atoms with Gasteiger partial charge in [0.1, 0.15) is 25.4 Å². The number of nitrogens with one attached hydrogen (secondary N) is 1. The molecule has 0 aliphatic heterocycles. The fourth-order valence-electron chi connectivity index (χ4n) is 3.39. The molecule has 0 radical (unpaired) electrons. The lowest BCUT2D eigenvalue weighted by Gasteiger charge is -2.17. The van der Waals surface area contributed by atoms with Crippen molar-refractivity contribution in [2.24, 2.45) is 0 Å². The van der Waals surface area contributed by atoms with Crippen molar-refractivity contribution in [3.05, 3.63) is 65.2 Å². The molecule has 0 saturated heterocycles. The summed E-state index contributed by atoms with van der Waals surface area (Å²) >= 11 is 0. The van der Waals surface area contributed by atoms with Gasteiger partial charge in [-0.15, -0.1) is 0 Å². The minimum atomic E-state index is 0.589. The molecule has 0 aromatic heterocycles. The molecule has 0 bridgehead atoms. The Labute approximate surface area is 214 Å². The van der Waals surface area contributed by atoms with Crippen molar-refractivity contribution in [2.75, 3.05) is 19.5 Å². The first-order chi connectivity index (χ1) is 16.9. The Hall–Kier alpha value is -3.39. The van der Waals surface area contributed by atoms with E-state index in [2.05, 4.69) is 63.0 Å². The van der Waals surface area contributed by atoms with Crippen LogP contribution in [0.25, 0.3) is 5.57 Å². The number of nitriles is 1. The van der Waals surface area contributed by atoms with Crippen LogP contribution in [0, 0.1) is 18.3 Å². The second kappa shape index (κ2) is 23.8. The number of aryl methyl sites for hydroxylation is 1. The van der Waals surface area contributed by atoms with Crippen LogP contribution in [0.15, 0.2) is 43.0 Å². The molecule has 2 aromatic carbocycles. The fourth-order valence-corrected chi connectivity index (χ4v) is 3.39. The van der Waals surface area contributed by atoms with E-state index < -0.39 is 0 Å². The first-order valence-electron chi connectivity index (χ1n) is 12.0. The Morgan fingerprint density at radius 2 is 1.57 bits per heavy atom. The van der Waals surface area contributed by atoms with Crippen molar-refractivity contribution in [1.29, 1.82) is 5.26 Å². The molecule has 0 aliphatic carbocycles. The van der Waals surface area contributed by atoms with Crippen LogP contribution in [0.4, 0.5) is 5.69 Å². The number of hydrogen-bond acceptors (Lipinski definition) is 5.